The van der Waals surface area contributed by atoms with Gasteiger partial charge in [-0.05, 0) is 25.1 Å². The van der Waals surface area contributed by atoms with Crippen LogP contribution in [0.15, 0.2) is 30.5 Å². The lowest BCUT2D eigenvalue weighted by atomic mass is 10.2. The maximum Gasteiger partial charge on any atom is 0.273 e. The molecule has 0 bridgehead atoms. The molecule has 2 aromatic rings. The number of carbonyl (C=O) groups excluding carboxylic acids is 2. The number of rotatable bonds is 4. The van der Waals surface area contributed by atoms with Crippen LogP contribution in [0, 0.1) is 5.82 Å². The Labute approximate surface area is 127 Å². The van der Waals surface area contributed by atoms with Gasteiger partial charge in [0, 0.05) is 26.2 Å². The fraction of sp³-hybridized carbons (Fsp3) is 0.267. The van der Waals surface area contributed by atoms with E-state index in [-0.39, 0.29) is 17.2 Å². The number of anilines is 1. The van der Waals surface area contributed by atoms with Crippen LogP contribution in [0.3, 0.4) is 0 Å². The van der Waals surface area contributed by atoms with Crippen LogP contribution in [0.2, 0.25) is 0 Å². The first kappa shape index (κ1) is 15.7. The summed E-state index contributed by atoms with van der Waals surface area (Å²) in [6.07, 6.45) is 1.41. The van der Waals surface area contributed by atoms with E-state index in [4.69, 9.17) is 0 Å². The Morgan fingerprint density at radius 2 is 2.09 bits per heavy atom. The summed E-state index contributed by atoms with van der Waals surface area (Å²) in [7, 11) is 3.24. The third-order valence-electron chi connectivity index (χ3n) is 3.08. The number of aromatic nitrogens is 2. The zero-order valence-corrected chi connectivity index (χ0v) is 12.6. The molecule has 0 spiro atoms. The molecule has 0 saturated heterocycles. The first-order chi connectivity index (χ1) is 10.4. The van der Waals surface area contributed by atoms with Gasteiger partial charge in [-0.15, -0.1) is 0 Å². The predicted octanol–water partition coefficient (Wildman–Crippen LogP) is 2.00. The molecule has 0 aliphatic heterocycles. The van der Waals surface area contributed by atoms with Crippen LogP contribution in [0.4, 0.5) is 10.1 Å². The van der Waals surface area contributed by atoms with Crippen LogP contribution in [-0.2, 0) is 6.54 Å². The van der Waals surface area contributed by atoms with Gasteiger partial charge in [0.2, 0.25) is 0 Å². The normalized spacial score (nSPS) is 10.4. The van der Waals surface area contributed by atoms with Gasteiger partial charge in [0.1, 0.15) is 11.5 Å². The topological polar surface area (TPSA) is 67.2 Å². The molecule has 0 atom stereocenters. The summed E-state index contributed by atoms with van der Waals surface area (Å²) >= 11 is 0. The average Bonchev–Trinajstić information content (AvgIpc) is 2.88. The molecule has 0 radical (unpaired) electrons. The number of hydrogen-bond acceptors (Lipinski definition) is 3. The minimum absolute atomic E-state index is 0.174. The molecule has 0 fully saturated rings. The van der Waals surface area contributed by atoms with E-state index in [0.717, 1.165) is 6.07 Å². The highest BCUT2D eigenvalue weighted by Gasteiger charge is 2.21. The van der Waals surface area contributed by atoms with Crippen molar-refractivity contribution in [2.75, 3.05) is 19.4 Å². The monoisotopic (exact) mass is 304 g/mol. The number of benzene rings is 1. The fourth-order valence-corrected chi connectivity index (χ4v) is 1.98. The van der Waals surface area contributed by atoms with Crippen molar-refractivity contribution in [3.63, 3.8) is 0 Å². The third kappa shape index (κ3) is 3.13. The summed E-state index contributed by atoms with van der Waals surface area (Å²) in [5, 5.41) is 6.69. The molecule has 22 heavy (non-hydrogen) atoms. The van der Waals surface area contributed by atoms with E-state index in [9.17, 15) is 14.0 Å². The molecule has 7 heteroatoms. The van der Waals surface area contributed by atoms with Gasteiger partial charge in [0.05, 0.1) is 11.9 Å². The van der Waals surface area contributed by atoms with E-state index in [0.29, 0.717) is 12.2 Å². The molecule has 1 aromatic carbocycles. The second-order valence-corrected chi connectivity index (χ2v) is 4.89. The molecule has 1 heterocycles. The summed E-state index contributed by atoms with van der Waals surface area (Å²) in [5.74, 6) is -1.27. The van der Waals surface area contributed by atoms with Crippen LogP contribution < -0.4 is 5.32 Å². The van der Waals surface area contributed by atoms with E-state index in [1.165, 1.54) is 34.0 Å². The van der Waals surface area contributed by atoms with E-state index in [1.54, 1.807) is 14.1 Å². The first-order valence-electron chi connectivity index (χ1n) is 6.78. The third-order valence-corrected chi connectivity index (χ3v) is 3.08. The molecule has 6 nitrogen and oxygen atoms in total. The predicted molar refractivity (Wildman–Crippen MR) is 80.3 cm³/mol. The summed E-state index contributed by atoms with van der Waals surface area (Å²) in [6, 6.07) is 5.33. The standard InChI is InChI=1S/C15H17FN4O2/c1-4-20-13(15(22)19(2)3)12(9-17-20)18-14(21)10-6-5-7-11(16)8-10/h5-9H,4H2,1-3H3,(H,18,21). The van der Waals surface area contributed by atoms with Gasteiger partial charge < -0.3 is 10.2 Å². The molecule has 0 unspecified atom stereocenters. The van der Waals surface area contributed by atoms with Crippen molar-refractivity contribution in [2.45, 2.75) is 13.5 Å². The maximum absolute atomic E-state index is 13.2. The van der Waals surface area contributed by atoms with Crippen molar-refractivity contribution in [1.29, 1.82) is 0 Å². The lowest BCUT2D eigenvalue weighted by molar-refractivity contribution is 0.0816. The Hall–Kier alpha value is -2.70. The number of halogens is 1. The quantitative estimate of drug-likeness (QED) is 0.939. The molecule has 2 rings (SSSR count). The molecule has 0 aliphatic rings. The molecular formula is C15H17FN4O2. The number of nitrogens with one attached hydrogen (secondary N) is 1. The Balaban J connectivity index is 2.32. The van der Waals surface area contributed by atoms with Gasteiger partial charge in [-0.3, -0.25) is 14.3 Å². The largest absolute Gasteiger partial charge is 0.343 e. The van der Waals surface area contributed by atoms with Crippen LogP contribution in [0.25, 0.3) is 0 Å². The highest BCUT2D eigenvalue weighted by molar-refractivity contribution is 6.08. The highest BCUT2D eigenvalue weighted by atomic mass is 19.1. The second kappa shape index (κ2) is 6.38. The minimum atomic E-state index is -0.499. The Kier molecular flexibility index (Phi) is 4.55. The Morgan fingerprint density at radius 3 is 2.68 bits per heavy atom. The molecule has 1 N–H and O–H groups in total. The molecule has 2 amide bonds. The smallest absolute Gasteiger partial charge is 0.273 e. The second-order valence-electron chi connectivity index (χ2n) is 4.89. The summed E-state index contributed by atoms with van der Waals surface area (Å²) in [4.78, 5) is 25.8. The lowest BCUT2D eigenvalue weighted by Crippen LogP contribution is -2.26. The Bertz CT molecular complexity index is 709. The van der Waals surface area contributed by atoms with Crippen molar-refractivity contribution < 1.29 is 14.0 Å². The number of carbonyl (C=O) groups is 2. The van der Waals surface area contributed by atoms with E-state index < -0.39 is 11.7 Å². The van der Waals surface area contributed by atoms with Crippen molar-refractivity contribution in [3.05, 3.63) is 47.5 Å². The number of aryl methyl sites for hydroxylation is 1. The van der Waals surface area contributed by atoms with Gasteiger partial charge in [-0.1, -0.05) is 6.07 Å². The van der Waals surface area contributed by atoms with E-state index in [2.05, 4.69) is 10.4 Å². The van der Waals surface area contributed by atoms with Gasteiger partial charge in [-0.2, -0.15) is 5.10 Å². The van der Waals surface area contributed by atoms with Crippen molar-refractivity contribution in [3.8, 4) is 0 Å². The van der Waals surface area contributed by atoms with E-state index >= 15 is 0 Å². The number of amides is 2. The van der Waals surface area contributed by atoms with Crippen LogP contribution >= 0.6 is 0 Å². The van der Waals surface area contributed by atoms with Gasteiger partial charge in [0.15, 0.2) is 0 Å². The maximum atomic E-state index is 13.2. The van der Waals surface area contributed by atoms with Crippen LogP contribution in [-0.4, -0.2) is 40.6 Å². The van der Waals surface area contributed by atoms with Crippen molar-refractivity contribution in [2.24, 2.45) is 0 Å². The zero-order chi connectivity index (χ0) is 16.3. The molecule has 0 saturated carbocycles. The minimum Gasteiger partial charge on any atom is -0.343 e. The lowest BCUT2D eigenvalue weighted by Gasteiger charge is -2.13. The van der Waals surface area contributed by atoms with Crippen molar-refractivity contribution >= 4 is 17.5 Å². The average molecular weight is 304 g/mol. The zero-order valence-electron chi connectivity index (χ0n) is 12.6. The summed E-state index contributed by atoms with van der Waals surface area (Å²) < 4.78 is 14.7. The van der Waals surface area contributed by atoms with Crippen LogP contribution in [0.1, 0.15) is 27.8 Å². The molecular weight excluding hydrogens is 287 g/mol. The summed E-state index contributed by atoms with van der Waals surface area (Å²) in [6.45, 7) is 2.34. The molecule has 0 aliphatic carbocycles. The Morgan fingerprint density at radius 1 is 1.36 bits per heavy atom. The van der Waals surface area contributed by atoms with E-state index in [1.807, 2.05) is 6.92 Å². The van der Waals surface area contributed by atoms with Gasteiger partial charge in [0.25, 0.3) is 11.8 Å². The van der Waals surface area contributed by atoms with Gasteiger partial charge >= 0.3 is 0 Å². The van der Waals surface area contributed by atoms with Crippen molar-refractivity contribution in [1.82, 2.24) is 14.7 Å². The molecule has 116 valence electrons. The first-order valence-corrected chi connectivity index (χ1v) is 6.78. The summed E-state index contributed by atoms with van der Waals surface area (Å²) in [5.41, 5.74) is 0.763. The SMILES string of the molecule is CCn1ncc(NC(=O)c2cccc(F)c2)c1C(=O)N(C)C. The molecule has 1 aromatic heterocycles. The van der Waals surface area contributed by atoms with Gasteiger partial charge in [-0.25, -0.2) is 4.39 Å². The number of hydrogen-bond donors (Lipinski definition) is 1. The van der Waals surface area contributed by atoms with Crippen LogP contribution in [0.5, 0.6) is 0 Å². The fourth-order valence-electron chi connectivity index (χ4n) is 1.98. The number of nitrogens with zero attached hydrogens (tertiary/aromatic N) is 3. The highest BCUT2D eigenvalue weighted by Crippen LogP contribution is 2.18.